The highest BCUT2D eigenvalue weighted by Crippen LogP contribution is 2.37. The first-order valence-electron chi connectivity index (χ1n) is 11.6. The van der Waals surface area contributed by atoms with Gasteiger partial charge in [0.1, 0.15) is 5.56 Å². The fourth-order valence-electron chi connectivity index (χ4n) is 4.69. The van der Waals surface area contributed by atoms with Crippen LogP contribution in [0.5, 0.6) is 0 Å². The third-order valence-corrected chi connectivity index (χ3v) is 8.38. The molecule has 0 saturated heterocycles. The highest BCUT2D eigenvalue weighted by Gasteiger charge is 2.46. The number of hydrogen-bond donors (Lipinski definition) is 3. The molecule has 1 aromatic carbocycles. The first kappa shape index (κ1) is 26.0. The lowest BCUT2D eigenvalue weighted by Crippen LogP contribution is -2.43. The van der Waals surface area contributed by atoms with Gasteiger partial charge < -0.3 is 16.4 Å². The average Bonchev–Trinajstić information content (AvgIpc) is 3.59. The molecule has 0 radical (unpaired) electrons. The van der Waals surface area contributed by atoms with Crippen molar-refractivity contribution in [3.05, 3.63) is 36.0 Å². The first-order valence-corrected chi connectivity index (χ1v) is 13.1. The van der Waals surface area contributed by atoms with Crippen LogP contribution in [0.25, 0.3) is 0 Å². The summed E-state index contributed by atoms with van der Waals surface area (Å²) in [4.78, 5) is 11.1. The lowest BCUT2D eigenvalue weighted by molar-refractivity contribution is -0.0436. The summed E-state index contributed by atoms with van der Waals surface area (Å²) >= 11 is 0. The summed E-state index contributed by atoms with van der Waals surface area (Å²) in [5.74, 6) is -0.359. The van der Waals surface area contributed by atoms with Gasteiger partial charge in [0.2, 0.25) is 0 Å². The number of halogens is 3. The molecule has 194 valence electrons. The second kappa shape index (κ2) is 9.74. The van der Waals surface area contributed by atoms with Crippen molar-refractivity contribution in [3.63, 3.8) is 0 Å². The monoisotopic (exact) mass is 524 g/mol. The van der Waals surface area contributed by atoms with Gasteiger partial charge in [-0.3, -0.25) is 9.48 Å². The second-order valence-electron chi connectivity index (χ2n) is 9.44. The minimum atomic E-state index is -5.48. The van der Waals surface area contributed by atoms with Crippen LogP contribution in [0, 0.1) is 23.2 Å². The maximum absolute atomic E-state index is 12.8. The molecule has 1 heterocycles. The average molecular weight is 525 g/mol. The van der Waals surface area contributed by atoms with E-state index in [9.17, 15) is 31.6 Å². The molecular formula is C23H27F3N6O3S. The maximum atomic E-state index is 12.8. The van der Waals surface area contributed by atoms with Crippen LogP contribution in [-0.4, -0.2) is 41.7 Å². The van der Waals surface area contributed by atoms with E-state index in [-0.39, 0.29) is 35.1 Å². The number of nitrogens with one attached hydrogen (secondary N) is 2. The Labute approximate surface area is 206 Å². The highest BCUT2D eigenvalue weighted by atomic mass is 32.2. The quantitative estimate of drug-likeness (QED) is 0.478. The van der Waals surface area contributed by atoms with Gasteiger partial charge in [0.15, 0.2) is 5.82 Å². The van der Waals surface area contributed by atoms with E-state index in [0.717, 1.165) is 30.7 Å². The molecule has 0 spiro atoms. The molecule has 2 saturated carbocycles. The van der Waals surface area contributed by atoms with Gasteiger partial charge in [0.25, 0.3) is 15.7 Å². The van der Waals surface area contributed by atoms with E-state index in [0.29, 0.717) is 24.8 Å². The van der Waals surface area contributed by atoms with Crippen LogP contribution < -0.4 is 16.4 Å². The van der Waals surface area contributed by atoms with Gasteiger partial charge in [-0.15, -0.1) is 0 Å². The highest BCUT2D eigenvalue weighted by molar-refractivity contribution is 7.92. The molecule has 2 aliphatic carbocycles. The van der Waals surface area contributed by atoms with Gasteiger partial charge in [-0.25, -0.2) is 8.42 Å². The fourth-order valence-corrected chi connectivity index (χ4v) is 5.45. The Morgan fingerprint density at radius 2 is 1.89 bits per heavy atom. The van der Waals surface area contributed by atoms with E-state index in [4.69, 9.17) is 5.73 Å². The summed E-state index contributed by atoms with van der Waals surface area (Å²) in [5, 5.41) is 20.7. The Morgan fingerprint density at radius 1 is 1.22 bits per heavy atom. The van der Waals surface area contributed by atoms with E-state index in [1.165, 1.54) is 19.0 Å². The van der Waals surface area contributed by atoms with Gasteiger partial charge >= 0.3 is 5.51 Å². The van der Waals surface area contributed by atoms with Gasteiger partial charge in [-0.1, -0.05) is 0 Å². The molecule has 1 unspecified atom stereocenters. The van der Waals surface area contributed by atoms with E-state index >= 15 is 0 Å². The summed E-state index contributed by atoms with van der Waals surface area (Å²) in [6.07, 6.45) is 6.06. The predicted octanol–water partition coefficient (Wildman–Crippen LogP) is 3.64. The number of sulfone groups is 1. The number of rotatable bonds is 8. The summed E-state index contributed by atoms with van der Waals surface area (Å²) in [6, 6.07) is 6.60. The van der Waals surface area contributed by atoms with Crippen molar-refractivity contribution in [3.8, 4) is 6.07 Å². The molecule has 1 aromatic heterocycles. The summed E-state index contributed by atoms with van der Waals surface area (Å²) in [7, 11) is -5.48. The van der Waals surface area contributed by atoms with Crippen molar-refractivity contribution < 1.29 is 26.4 Å². The molecule has 2 fully saturated rings. The smallest absolute Gasteiger partial charge is 0.365 e. The topological polar surface area (TPSA) is 143 Å². The van der Waals surface area contributed by atoms with E-state index in [2.05, 4.69) is 28.7 Å². The fraction of sp³-hybridized carbons (Fsp3) is 0.522. The number of nitriles is 1. The zero-order chi connectivity index (χ0) is 26.3. The second-order valence-corrected chi connectivity index (χ2v) is 11.4. The molecule has 9 nitrogen and oxygen atoms in total. The Bertz CT molecular complexity index is 1270. The van der Waals surface area contributed by atoms with E-state index in [1.807, 2.05) is 0 Å². The van der Waals surface area contributed by atoms with Crippen LogP contribution in [0.2, 0.25) is 0 Å². The largest absolute Gasteiger partial charge is 0.501 e. The number of aromatic nitrogens is 2. The molecule has 36 heavy (non-hydrogen) atoms. The molecule has 1 amide bonds. The molecular weight excluding hydrogens is 497 g/mol. The Kier molecular flexibility index (Phi) is 7.03. The van der Waals surface area contributed by atoms with Crippen LogP contribution in [0.1, 0.15) is 55.4 Å². The Hall–Kier alpha value is -3.11. The SMILES string of the molecule is CC(N[C@@H]1CC[C@H](n2cc(C(N)=O)c(Nc3ccc(S(=O)(=O)C(F)(F)F)cc3)n2)[C@@H](C#N)C1)C1CC1. The Morgan fingerprint density at radius 3 is 2.44 bits per heavy atom. The van der Waals surface area contributed by atoms with Gasteiger partial charge in [0, 0.05) is 24.0 Å². The summed E-state index contributed by atoms with van der Waals surface area (Å²) in [5.41, 5.74) is 0.345. The number of anilines is 2. The van der Waals surface area contributed by atoms with Gasteiger partial charge in [0.05, 0.1) is 22.9 Å². The lowest BCUT2D eigenvalue weighted by Gasteiger charge is -2.34. The maximum Gasteiger partial charge on any atom is 0.501 e. The van der Waals surface area contributed by atoms with Crippen molar-refractivity contribution in [2.75, 3.05) is 5.32 Å². The molecule has 4 rings (SSSR count). The first-order chi connectivity index (χ1) is 16.9. The van der Waals surface area contributed by atoms with Crippen molar-refractivity contribution in [2.45, 2.75) is 67.6 Å². The molecule has 2 aromatic rings. The van der Waals surface area contributed by atoms with Crippen LogP contribution in [-0.2, 0) is 9.84 Å². The molecule has 0 bridgehead atoms. The van der Waals surface area contributed by atoms with Crippen molar-refractivity contribution in [2.24, 2.45) is 17.6 Å². The number of primary amides is 1. The van der Waals surface area contributed by atoms with E-state index < -0.39 is 26.1 Å². The summed E-state index contributed by atoms with van der Waals surface area (Å²) < 4.78 is 63.0. The zero-order valence-electron chi connectivity index (χ0n) is 19.5. The van der Waals surface area contributed by atoms with Crippen LogP contribution >= 0.6 is 0 Å². The normalized spacial score (nSPS) is 23.6. The molecule has 13 heteroatoms. The number of nitrogens with two attached hydrogens (primary N) is 1. The Balaban J connectivity index is 1.51. The van der Waals surface area contributed by atoms with Crippen molar-refractivity contribution in [1.82, 2.24) is 15.1 Å². The number of carbonyl (C=O) groups is 1. The number of hydrogen-bond acceptors (Lipinski definition) is 7. The van der Waals surface area contributed by atoms with Crippen molar-refractivity contribution in [1.29, 1.82) is 5.26 Å². The standard InChI is InChI=1S/C23H27F3N6O3S/c1-13(14-2-3-14)29-17-6-9-20(15(10-17)11-27)32-12-19(21(28)33)22(31-32)30-16-4-7-18(8-5-16)36(34,35)23(24,25)26/h4-5,7-8,12-15,17,20,29H,2-3,6,9-10H2,1H3,(H2,28,33)(H,30,31)/t13?,15-,17-,20+/m1/s1. The minimum Gasteiger partial charge on any atom is -0.365 e. The number of alkyl halides is 3. The molecule has 4 N–H and O–H groups in total. The third kappa shape index (κ3) is 5.34. The van der Waals surface area contributed by atoms with Crippen LogP contribution in [0.4, 0.5) is 24.7 Å². The van der Waals surface area contributed by atoms with Gasteiger partial charge in [-0.05, 0) is 69.2 Å². The molecule has 4 atom stereocenters. The lowest BCUT2D eigenvalue weighted by atomic mass is 9.82. The van der Waals surface area contributed by atoms with E-state index in [1.54, 1.807) is 4.68 Å². The van der Waals surface area contributed by atoms with Crippen molar-refractivity contribution >= 4 is 27.2 Å². The molecule has 0 aliphatic heterocycles. The number of amides is 1. The third-order valence-electron chi connectivity index (χ3n) is 6.88. The van der Waals surface area contributed by atoms with Gasteiger partial charge in [-0.2, -0.15) is 23.5 Å². The number of benzene rings is 1. The molecule has 2 aliphatic rings. The minimum absolute atomic E-state index is 0.0429. The van der Waals surface area contributed by atoms with Crippen LogP contribution in [0.15, 0.2) is 35.4 Å². The predicted molar refractivity (Wildman–Crippen MR) is 125 cm³/mol. The number of nitrogens with zero attached hydrogens (tertiary/aromatic N) is 3. The zero-order valence-corrected chi connectivity index (χ0v) is 20.3. The summed E-state index contributed by atoms with van der Waals surface area (Å²) in [6.45, 7) is 2.17. The van der Waals surface area contributed by atoms with Crippen LogP contribution in [0.3, 0.4) is 0 Å². The number of carbonyl (C=O) groups excluding carboxylic acids is 1.